The van der Waals surface area contributed by atoms with Crippen LogP contribution in [0, 0.1) is 0 Å². The lowest BCUT2D eigenvalue weighted by atomic mass is 10.2. The van der Waals surface area contributed by atoms with Crippen molar-refractivity contribution in [3.63, 3.8) is 0 Å². The summed E-state index contributed by atoms with van der Waals surface area (Å²) in [7, 11) is 1.46. The number of Topliss-reactive ketones (excluding diaryl/α,β-unsaturated/α-hetero) is 1. The Morgan fingerprint density at radius 1 is 1.67 bits per heavy atom. The van der Waals surface area contributed by atoms with E-state index in [0.29, 0.717) is 5.75 Å². The van der Waals surface area contributed by atoms with E-state index in [-0.39, 0.29) is 17.2 Å². The summed E-state index contributed by atoms with van der Waals surface area (Å²) < 4.78 is 4.80. The first kappa shape index (κ1) is 8.52. The van der Waals surface area contributed by atoms with Crippen LogP contribution in [0.15, 0.2) is 12.3 Å². The van der Waals surface area contributed by atoms with Crippen molar-refractivity contribution in [3.05, 3.63) is 18.0 Å². The maximum Gasteiger partial charge on any atom is 0.181 e. The molecule has 4 nitrogen and oxygen atoms in total. The van der Waals surface area contributed by atoms with Gasteiger partial charge in [0.25, 0.3) is 0 Å². The highest BCUT2D eigenvalue weighted by Crippen LogP contribution is 2.20. The fourth-order valence-corrected chi connectivity index (χ4v) is 0.818. The molecule has 0 aliphatic carbocycles. The lowest BCUT2D eigenvalue weighted by Gasteiger charge is -2.01. The summed E-state index contributed by atoms with van der Waals surface area (Å²) in [6.45, 7) is 1.34. The van der Waals surface area contributed by atoms with Crippen molar-refractivity contribution in [1.29, 1.82) is 0 Å². The summed E-state index contributed by atoms with van der Waals surface area (Å²) in [6.07, 6.45) is 1.39. The smallest absolute Gasteiger partial charge is 0.181 e. The number of methoxy groups -OCH3 is 1. The Bertz CT molecular complexity index is 309. The van der Waals surface area contributed by atoms with Gasteiger partial charge < -0.3 is 9.84 Å². The van der Waals surface area contributed by atoms with E-state index < -0.39 is 0 Å². The number of carbonyl (C=O) groups excluding carboxylic acids is 1. The van der Waals surface area contributed by atoms with Crippen molar-refractivity contribution in [2.24, 2.45) is 0 Å². The Morgan fingerprint density at radius 2 is 2.33 bits per heavy atom. The molecule has 1 heterocycles. The molecule has 0 radical (unpaired) electrons. The van der Waals surface area contributed by atoms with Crippen LogP contribution in [0.5, 0.6) is 11.5 Å². The Hall–Kier alpha value is -1.58. The number of pyridine rings is 1. The van der Waals surface area contributed by atoms with E-state index in [4.69, 9.17) is 4.74 Å². The third-order valence-corrected chi connectivity index (χ3v) is 1.41. The van der Waals surface area contributed by atoms with Crippen molar-refractivity contribution >= 4 is 5.78 Å². The number of rotatable bonds is 2. The molecule has 1 aromatic heterocycles. The minimum Gasteiger partial charge on any atom is -0.505 e. The first-order valence-electron chi connectivity index (χ1n) is 3.39. The summed E-state index contributed by atoms with van der Waals surface area (Å²) in [6, 6.07) is 1.35. The quantitative estimate of drug-likeness (QED) is 0.667. The third-order valence-electron chi connectivity index (χ3n) is 1.41. The van der Waals surface area contributed by atoms with Gasteiger partial charge in [0.05, 0.1) is 13.3 Å². The molecule has 0 aliphatic rings. The van der Waals surface area contributed by atoms with Gasteiger partial charge >= 0.3 is 0 Å². The topological polar surface area (TPSA) is 59.4 Å². The van der Waals surface area contributed by atoms with Crippen LogP contribution in [-0.4, -0.2) is 23.0 Å². The second-order valence-electron chi connectivity index (χ2n) is 2.30. The van der Waals surface area contributed by atoms with E-state index in [1.54, 1.807) is 0 Å². The number of ether oxygens (including phenoxy) is 1. The average molecular weight is 167 g/mol. The van der Waals surface area contributed by atoms with Gasteiger partial charge in [-0.05, 0) is 0 Å². The molecule has 4 heteroatoms. The lowest BCUT2D eigenvalue weighted by Crippen LogP contribution is -1.97. The number of carbonyl (C=O) groups is 1. The average Bonchev–Trinajstić information content (AvgIpc) is 2.03. The summed E-state index contributed by atoms with van der Waals surface area (Å²) in [5.74, 6) is 0.00880. The van der Waals surface area contributed by atoms with E-state index in [0.717, 1.165) is 0 Å². The fourth-order valence-electron chi connectivity index (χ4n) is 0.818. The van der Waals surface area contributed by atoms with Gasteiger partial charge in [0.1, 0.15) is 17.2 Å². The summed E-state index contributed by atoms with van der Waals surface area (Å²) in [5.41, 5.74) is 0.0656. The lowest BCUT2D eigenvalue weighted by molar-refractivity contribution is 0.101. The molecule has 64 valence electrons. The number of aromatic nitrogens is 1. The zero-order chi connectivity index (χ0) is 9.14. The molecule has 0 saturated carbocycles. The second-order valence-corrected chi connectivity index (χ2v) is 2.30. The summed E-state index contributed by atoms with van der Waals surface area (Å²) in [5, 5.41) is 9.23. The Balaban J connectivity index is 3.12. The van der Waals surface area contributed by atoms with Crippen molar-refractivity contribution in [3.8, 4) is 11.5 Å². The van der Waals surface area contributed by atoms with Crippen molar-refractivity contribution < 1.29 is 14.6 Å². The van der Waals surface area contributed by atoms with E-state index in [1.807, 2.05) is 0 Å². The van der Waals surface area contributed by atoms with Gasteiger partial charge in [0.15, 0.2) is 5.78 Å². The molecule has 0 aromatic carbocycles. The Labute approximate surface area is 69.8 Å². The van der Waals surface area contributed by atoms with Crippen LogP contribution in [0.4, 0.5) is 0 Å². The fraction of sp³-hybridized carbons (Fsp3) is 0.250. The number of hydrogen-bond acceptors (Lipinski definition) is 4. The highest BCUT2D eigenvalue weighted by atomic mass is 16.5. The Morgan fingerprint density at radius 3 is 2.75 bits per heavy atom. The molecule has 0 bridgehead atoms. The van der Waals surface area contributed by atoms with Crippen LogP contribution < -0.4 is 4.74 Å². The maximum atomic E-state index is 10.8. The first-order chi connectivity index (χ1) is 5.65. The van der Waals surface area contributed by atoms with E-state index >= 15 is 0 Å². The highest BCUT2D eigenvalue weighted by Gasteiger charge is 2.08. The number of aromatic hydroxyl groups is 1. The van der Waals surface area contributed by atoms with Crippen LogP contribution >= 0.6 is 0 Å². The van der Waals surface area contributed by atoms with Crippen LogP contribution in [0.2, 0.25) is 0 Å². The minimum absolute atomic E-state index is 0.0656. The highest BCUT2D eigenvalue weighted by molar-refractivity contribution is 5.94. The normalized spacial score (nSPS) is 9.50. The predicted octanol–water partition coefficient (Wildman–Crippen LogP) is 0.998. The van der Waals surface area contributed by atoms with Crippen LogP contribution in [-0.2, 0) is 0 Å². The monoisotopic (exact) mass is 167 g/mol. The van der Waals surface area contributed by atoms with Crippen molar-refractivity contribution in [2.75, 3.05) is 7.11 Å². The van der Waals surface area contributed by atoms with E-state index in [2.05, 4.69) is 4.98 Å². The zero-order valence-corrected chi connectivity index (χ0v) is 6.87. The molecule has 0 unspecified atom stereocenters. The molecule has 0 amide bonds. The minimum atomic E-state index is -0.268. The summed E-state index contributed by atoms with van der Waals surface area (Å²) >= 11 is 0. The molecular formula is C8H9NO3. The van der Waals surface area contributed by atoms with Gasteiger partial charge in [0.2, 0.25) is 0 Å². The van der Waals surface area contributed by atoms with Crippen LogP contribution in [0.25, 0.3) is 0 Å². The molecule has 0 fully saturated rings. The number of ketones is 1. The molecule has 1 aromatic rings. The van der Waals surface area contributed by atoms with Gasteiger partial charge in [-0.1, -0.05) is 0 Å². The van der Waals surface area contributed by atoms with Gasteiger partial charge in [-0.25, -0.2) is 4.98 Å². The number of nitrogens with zero attached hydrogens (tertiary/aromatic N) is 1. The van der Waals surface area contributed by atoms with E-state index in [9.17, 15) is 9.90 Å². The van der Waals surface area contributed by atoms with Gasteiger partial charge in [-0.3, -0.25) is 4.79 Å². The molecule has 0 saturated heterocycles. The zero-order valence-electron chi connectivity index (χ0n) is 6.87. The van der Waals surface area contributed by atoms with Crippen molar-refractivity contribution in [1.82, 2.24) is 4.98 Å². The van der Waals surface area contributed by atoms with Gasteiger partial charge in [-0.2, -0.15) is 0 Å². The first-order valence-corrected chi connectivity index (χ1v) is 3.39. The molecule has 0 atom stereocenters. The molecule has 0 spiro atoms. The van der Waals surface area contributed by atoms with E-state index in [1.165, 1.54) is 26.3 Å². The van der Waals surface area contributed by atoms with Crippen LogP contribution in [0.3, 0.4) is 0 Å². The molecule has 1 rings (SSSR count). The standard InChI is InChI=1S/C8H9NO3/c1-5(10)8-7(11)3-6(12-2)4-9-8/h3-4,11H,1-2H3. The predicted molar refractivity (Wildman–Crippen MR) is 42.5 cm³/mol. The van der Waals surface area contributed by atoms with Crippen LogP contribution in [0.1, 0.15) is 17.4 Å². The molecular weight excluding hydrogens is 158 g/mol. The molecule has 0 aliphatic heterocycles. The second kappa shape index (κ2) is 3.21. The number of hydrogen-bond donors (Lipinski definition) is 1. The third kappa shape index (κ3) is 1.53. The molecule has 1 N–H and O–H groups in total. The maximum absolute atomic E-state index is 10.8. The SMILES string of the molecule is COc1cnc(C(C)=O)c(O)c1. The molecule has 12 heavy (non-hydrogen) atoms. The van der Waals surface area contributed by atoms with Crippen molar-refractivity contribution in [2.45, 2.75) is 6.92 Å². The summed E-state index contributed by atoms with van der Waals surface area (Å²) in [4.78, 5) is 14.5. The Kier molecular flexibility index (Phi) is 2.28. The largest absolute Gasteiger partial charge is 0.505 e. The van der Waals surface area contributed by atoms with Gasteiger partial charge in [-0.15, -0.1) is 0 Å². The van der Waals surface area contributed by atoms with Gasteiger partial charge in [0, 0.05) is 13.0 Å².